The molecule has 0 spiro atoms. The Bertz CT molecular complexity index is 437. The Hall–Kier alpha value is -1.81. The first-order valence-electron chi connectivity index (χ1n) is 5.67. The van der Waals surface area contributed by atoms with Crippen molar-refractivity contribution in [3.05, 3.63) is 47.9 Å². The molecule has 0 radical (unpaired) electrons. The first-order chi connectivity index (χ1) is 8.29. The number of benzene rings is 1. The molecule has 0 amide bonds. The molecule has 1 aromatic heterocycles. The summed E-state index contributed by atoms with van der Waals surface area (Å²) in [5.41, 5.74) is 7.06. The van der Waals surface area contributed by atoms with Gasteiger partial charge in [0.25, 0.3) is 0 Å². The molecule has 0 bridgehead atoms. The largest absolute Gasteiger partial charge is 0.486 e. The zero-order valence-electron chi connectivity index (χ0n) is 9.80. The van der Waals surface area contributed by atoms with Crippen LogP contribution in [-0.4, -0.2) is 5.16 Å². The van der Waals surface area contributed by atoms with Gasteiger partial charge in [0.2, 0.25) is 0 Å². The summed E-state index contributed by atoms with van der Waals surface area (Å²) in [7, 11) is 0. The molecule has 4 heteroatoms. The summed E-state index contributed by atoms with van der Waals surface area (Å²) in [6.45, 7) is 2.46. The minimum atomic E-state index is 0.0957. The van der Waals surface area contributed by atoms with Crippen molar-refractivity contribution in [1.29, 1.82) is 0 Å². The zero-order valence-corrected chi connectivity index (χ0v) is 9.80. The summed E-state index contributed by atoms with van der Waals surface area (Å²) < 4.78 is 10.5. The van der Waals surface area contributed by atoms with Crippen LogP contribution >= 0.6 is 0 Å². The van der Waals surface area contributed by atoms with Crippen LogP contribution in [-0.2, 0) is 6.61 Å². The SMILES string of the molecule is CCC(N)c1ccc(OCc2ccno2)cc1. The molecule has 4 nitrogen and oxygen atoms in total. The maximum absolute atomic E-state index is 5.93. The van der Waals surface area contributed by atoms with Gasteiger partial charge in [-0.05, 0) is 24.1 Å². The smallest absolute Gasteiger partial charge is 0.174 e. The monoisotopic (exact) mass is 232 g/mol. The second-order valence-electron chi connectivity index (χ2n) is 3.85. The average Bonchev–Trinajstić information content (AvgIpc) is 2.89. The van der Waals surface area contributed by atoms with Gasteiger partial charge in [0.15, 0.2) is 5.76 Å². The van der Waals surface area contributed by atoms with Crippen molar-refractivity contribution in [3.63, 3.8) is 0 Å². The van der Waals surface area contributed by atoms with Crippen LogP contribution in [0.3, 0.4) is 0 Å². The number of hydrogen-bond donors (Lipinski definition) is 1. The highest BCUT2D eigenvalue weighted by Crippen LogP contribution is 2.18. The highest BCUT2D eigenvalue weighted by atomic mass is 16.5. The number of aromatic nitrogens is 1. The van der Waals surface area contributed by atoms with Crippen LogP contribution in [0, 0.1) is 0 Å². The lowest BCUT2D eigenvalue weighted by Crippen LogP contribution is -2.08. The van der Waals surface area contributed by atoms with Crippen molar-refractivity contribution in [2.45, 2.75) is 26.0 Å². The van der Waals surface area contributed by atoms with E-state index in [1.54, 1.807) is 12.3 Å². The third-order valence-corrected chi connectivity index (χ3v) is 2.62. The molecule has 1 atom stereocenters. The Morgan fingerprint density at radius 3 is 2.65 bits per heavy atom. The van der Waals surface area contributed by atoms with Crippen LogP contribution in [0.1, 0.15) is 30.7 Å². The normalized spacial score (nSPS) is 12.4. The molecular weight excluding hydrogens is 216 g/mol. The van der Waals surface area contributed by atoms with Crippen molar-refractivity contribution < 1.29 is 9.26 Å². The first kappa shape index (κ1) is 11.7. The minimum Gasteiger partial charge on any atom is -0.486 e. The van der Waals surface area contributed by atoms with Gasteiger partial charge < -0.3 is 15.0 Å². The third kappa shape index (κ3) is 3.07. The van der Waals surface area contributed by atoms with Crippen molar-refractivity contribution in [2.75, 3.05) is 0 Å². The van der Waals surface area contributed by atoms with Gasteiger partial charge in [0.1, 0.15) is 12.4 Å². The second kappa shape index (κ2) is 5.50. The Morgan fingerprint density at radius 1 is 1.29 bits per heavy atom. The van der Waals surface area contributed by atoms with Crippen molar-refractivity contribution in [2.24, 2.45) is 5.73 Å². The minimum absolute atomic E-state index is 0.0957. The van der Waals surface area contributed by atoms with Gasteiger partial charge in [0.05, 0.1) is 6.20 Å². The van der Waals surface area contributed by atoms with Crippen molar-refractivity contribution in [3.8, 4) is 5.75 Å². The fourth-order valence-corrected chi connectivity index (χ4v) is 1.52. The number of rotatable bonds is 5. The Kier molecular flexibility index (Phi) is 3.77. The van der Waals surface area contributed by atoms with Crippen LogP contribution in [0.4, 0.5) is 0 Å². The van der Waals surface area contributed by atoms with Gasteiger partial charge in [-0.25, -0.2) is 0 Å². The molecule has 2 rings (SSSR count). The second-order valence-corrected chi connectivity index (χ2v) is 3.85. The molecule has 2 aromatic rings. The quantitative estimate of drug-likeness (QED) is 0.860. The first-order valence-corrected chi connectivity index (χ1v) is 5.67. The van der Waals surface area contributed by atoms with Crippen molar-refractivity contribution in [1.82, 2.24) is 5.16 Å². The van der Waals surface area contributed by atoms with E-state index in [4.69, 9.17) is 15.0 Å². The molecule has 1 unspecified atom stereocenters. The van der Waals surface area contributed by atoms with Crippen LogP contribution in [0.25, 0.3) is 0 Å². The van der Waals surface area contributed by atoms with Crippen LogP contribution in [0.15, 0.2) is 41.1 Å². The molecule has 0 fully saturated rings. The zero-order chi connectivity index (χ0) is 12.1. The fraction of sp³-hybridized carbons (Fsp3) is 0.308. The molecule has 0 saturated carbocycles. The molecule has 2 N–H and O–H groups in total. The molecule has 0 aliphatic carbocycles. The third-order valence-electron chi connectivity index (χ3n) is 2.62. The molecule has 90 valence electrons. The van der Waals surface area contributed by atoms with Gasteiger partial charge >= 0.3 is 0 Å². The van der Waals surface area contributed by atoms with Gasteiger partial charge in [-0.3, -0.25) is 0 Å². The van der Waals surface area contributed by atoms with Gasteiger partial charge in [-0.15, -0.1) is 0 Å². The number of ether oxygens (including phenoxy) is 1. The van der Waals surface area contributed by atoms with E-state index >= 15 is 0 Å². The fourth-order valence-electron chi connectivity index (χ4n) is 1.52. The highest BCUT2D eigenvalue weighted by molar-refractivity contribution is 5.29. The summed E-state index contributed by atoms with van der Waals surface area (Å²) in [4.78, 5) is 0. The average molecular weight is 232 g/mol. The lowest BCUT2D eigenvalue weighted by molar-refractivity contribution is 0.249. The topological polar surface area (TPSA) is 61.3 Å². The predicted molar refractivity (Wildman–Crippen MR) is 64.5 cm³/mol. The molecule has 0 aliphatic rings. The molecule has 0 aliphatic heterocycles. The van der Waals surface area contributed by atoms with Crippen LogP contribution in [0.2, 0.25) is 0 Å². The van der Waals surface area contributed by atoms with E-state index in [2.05, 4.69) is 12.1 Å². The van der Waals surface area contributed by atoms with E-state index in [9.17, 15) is 0 Å². The lowest BCUT2D eigenvalue weighted by atomic mass is 10.1. The highest BCUT2D eigenvalue weighted by Gasteiger charge is 2.03. The maximum atomic E-state index is 5.93. The standard InChI is InChI=1S/C13H16N2O2/c1-2-13(14)10-3-5-11(6-4-10)16-9-12-7-8-15-17-12/h3-8,13H,2,9,14H2,1H3. The molecule has 1 aromatic carbocycles. The summed E-state index contributed by atoms with van der Waals surface area (Å²) in [5, 5.41) is 3.61. The summed E-state index contributed by atoms with van der Waals surface area (Å²) >= 11 is 0. The molecule has 0 saturated heterocycles. The predicted octanol–water partition coefficient (Wildman–Crippen LogP) is 2.66. The maximum Gasteiger partial charge on any atom is 0.174 e. The van der Waals surface area contributed by atoms with Crippen molar-refractivity contribution >= 4 is 0 Å². The number of nitrogens with zero attached hydrogens (tertiary/aromatic N) is 1. The van der Waals surface area contributed by atoms with E-state index in [1.807, 2.05) is 24.3 Å². The molecule has 1 heterocycles. The van der Waals surface area contributed by atoms with Crippen LogP contribution < -0.4 is 10.5 Å². The van der Waals surface area contributed by atoms with E-state index in [-0.39, 0.29) is 6.04 Å². The van der Waals surface area contributed by atoms with E-state index in [1.165, 1.54) is 0 Å². The number of nitrogens with two attached hydrogens (primary N) is 1. The molecular formula is C13H16N2O2. The van der Waals surface area contributed by atoms with Gasteiger partial charge in [-0.2, -0.15) is 0 Å². The Morgan fingerprint density at radius 2 is 2.06 bits per heavy atom. The summed E-state index contributed by atoms with van der Waals surface area (Å²) in [5.74, 6) is 1.51. The van der Waals surface area contributed by atoms with E-state index < -0.39 is 0 Å². The Balaban J connectivity index is 1.94. The van der Waals surface area contributed by atoms with E-state index in [0.29, 0.717) is 12.4 Å². The summed E-state index contributed by atoms with van der Waals surface area (Å²) in [6, 6.07) is 9.69. The van der Waals surface area contributed by atoms with Gasteiger partial charge in [0, 0.05) is 12.1 Å². The molecule has 17 heavy (non-hydrogen) atoms. The van der Waals surface area contributed by atoms with Gasteiger partial charge in [-0.1, -0.05) is 24.2 Å². The number of hydrogen-bond acceptors (Lipinski definition) is 4. The lowest BCUT2D eigenvalue weighted by Gasteiger charge is -2.10. The Labute approximate surface area is 100 Å². The van der Waals surface area contributed by atoms with E-state index in [0.717, 1.165) is 17.7 Å². The van der Waals surface area contributed by atoms with Crippen LogP contribution in [0.5, 0.6) is 5.75 Å². The summed E-state index contributed by atoms with van der Waals surface area (Å²) in [6.07, 6.45) is 2.53.